The molecule has 1 aliphatic heterocycles. The Kier molecular flexibility index (Phi) is 5.18. The molecule has 1 fully saturated rings. The van der Waals surface area contributed by atoms with Crippen LogP contribution in [0.15, 0.2) is 60.7 Å². The summed E-state index contributed by atoms with van der Waals surface area (Å²) < 4.78 is 0. The van der Waals surface area contributed by atoms with E-state index < -0.39 is 0 Å². The first kappa shape index (κ1) is 15.0. The molecule has 0 radical (unpaired) electrons. The van der Waals surface area contributed by atoms with Crippen LogP contribution in [0.1, 0.15) is 17.2 Å². The summed E-state index contributed by atoms with van der Waals surface area (Å²) in [5.74, 6) is 0.440. The summed E-state index contributed by atoms with van der Waals surface area (Å²) >= 11 is 0. The average Bonchev–Trinajstić information content (AvgIpc) is 2.44. The van der Waals surface area contributed by atoms with Crippen molar-refractivity contribution in [2.24, 2.45) is 5.92 Å². The predicted octanol–water partition coefficient (Wildman–Crippen LogP) is 3.12. The molecule has 1 heterocycles. The van der Waals surface area contributed by atoms with Gasteiger partial charge in [-0.1, -0.05) is 60.7 Å². The van der Waals surface area contributed by atoms with Crippen LogP contribution >= 0.6 is 12.4 Å². The molecule has 0 aromatic heterocycles. The highest BCUT2D eigenvalue weighted by atomic mass is 35.5. The van der Waals surface area contributed by atoms with Crippen LogP contribution < -0.4 is 0 Å². The molecule has 0 aliphatic carbocycles. The van der Waals surface area contributed by atoms with E-state index in [2.05, 4.69) is 65.6 Å². The zero-order chi connectivity index (χ0) is 13.1. The summed E-state index contributed by atoms with van der Waals surface area (Å²) in [5, 5.41) is 9.20. The van der Waals surface area contributed by atoms with Gasteiger partial charge in [-0.15, -0.1) is 12.4 Å². The van der Waals surface area contributed by atoms with E-state index in [9.17, 15) is 5.11 Å². The molecule has 1 N–H and O–H groups in total. The summed E-state index contributed by atoms with van der Waals surface area (Å²) in [6, 6.07) is 21.5. The Morgan fingerprint density at radius 2 is 1.35 bits per heavy atom. The molecule has 3 rings (SSSR count). The van der Waals surface area contributed by atoms with Crippen molar-refractivity contribution in [2.45, 2.75) is 6.04 Å². The monoisotopic (exact) mass is 289 g/mol. The maximum absolute atomic E-state index is 9.20. The van der Waals surface area contributed by atoms with Gasteiger partial charge in [0, 0.05) is 25.6 Å². The predicted molar refractivity (Wildman–Crippen MR) is 84.1 cm³/mol. The number of halogens is 1. The minimum Gasteiger partial charge on any atom is -0.396 e. The molecule has 2 nitrogen and oxygen atoms in total. The van der Waals surface area contributed by atoms with Crippen LogP contribution in [0.4, 0.5) is 0 Å². The van der Waals surface area contributed by atoms with E-state index in [0.717, 1.165) is 13.1 Å². The molecule has 3 heteroatoms. The number of aliphatic hydroxyl groups is 1. The molecule has 0 bridgehead atoms. The fourth-order valence-corrected chi connectivity index (χ4v) is 2.82. The second-order valence-corrected chi connectivity index (χ2v) is 5.23. The summed E-state index contributed by atoms with van der Waals surface area (Å²) in [6.07, 6.45) is 0. The van der Waals surface area contributed by atoms with E-state index in [1.54, 1.807) is 0 Å². The van der Waals surface area contributed by atoms with Crippen LogP contribution in [0.3, 0.4) is 0 Å². The molecule has 1 saturated heterocycles. The lowest BCUT2D eigenvalue weighted by molar-refractivity contribution is 0.0310. The van der Waals surface area contributed by atoms with Crippen molar-refractivity contribution < 1.29 is 5.11 Å². The van der Waals surface area contributed by atoms with Crippen LogP contribution in [-0.2, 0) is 0 Å². The van der Waals surface area contributed by atoms with Crippen molar-refractivity contribution in [3.8, 4) is 0 Å². The summed E-state index contributed by atoms with van der Waals surface area (Å²) in [6.45, 7) is 2.25. The van der Waals surface area contributed by atoms with E-state index in [4.69, 9.17) is 0 Å². The Labute approximate surface area is 126 Å². The first-order valence-electron chi connectivity index (χ1n) is 6.83. The molecular formula is C17H20ClNO. The third-order valence-electron chi connectivity index (χ3n) is 3.84. The van der Waals surface area contributed by atoms with Gasteiger partial charge in [0.25, 0.3) is 0 Å². The lowest BCUT2D eigenvalue weighted by atomic mass is 9.91. The largest absolute Gasteiger partial charge is 0.396 e. The number of likely N-dealkylation sites (tertiary alicyclic amines) is 1. The number of hydrogen-bond donors (Lipinski definition) is 1. The Bertz CT molecular complexity index is 472. The first-order valence-corrected chi connectivity index (χ1v) is 6.83. The quantitative estimate of drug-likeness (QED) is 0.935. The van der Waals surface area contributed by atoms with Crippen molar-refractivity contribution in [1.29, 1.82) is 0 Å². The fourth-order valence-electron chi connectivity index (χ4n) is 2.82. The van der Waals surface area contributed by atoms with Crippen LogP contribution in [-0.4, -0.2) is 29.7 Å². The highest BCUT2D eigenvalue weighted by molar-refractivity contribution is 5.85. The maximum Gasteiger partial charge on any atom is 0.0602 e. The molecule has 0 amide bonds. The van der Waals surface area contributed by atoms with Gasteiger partial charge < -0.3 is 5.11 Å². The van der Waals surface area contributed by atoms with Gasteiger partial charge >= 0.3 is 0 Å². The molecule has 20 heavy (non-hydrogen) atoms. The zero-order valence-electron chi connectivity index (χ0n) is 11.4. The number of nitrogens with zero attached hydrogens (tertiary/aromatic N) is 1. The second-order valence-electron chi connectivity index (χ2n) is 5.23. The normalized spacial score (nSPS) is 15.7. The molecule has 1 aliphatic rings. The van der Waals surface area contributed by atoms with Gasteiger partial charge in [0.05, 0.1) is 6.04 Å². The van der Waals surface area contributed by atoms with Crippen molar-refractivity contribution in [3.63, 3.8) is 0 Å². The van der Waals surface area contributed by atoms with Crippen LogP contribution in [0, 0.1) is 5.92 Å². The van der Waals surface area contributed by atoms with E-state index in [-0.39, 0.29) is 12.4 Å². The van der Waals surface area contributed by atoms with Crippen molar-refractivity contribution >= 4 is 12.4 Å². The first-order chi connectivity index (χ1) is 9.38. The smallest absolute Gasteiger partial charge is 0.0602 e. The van der Waals surface area contributed by atoms with Crippen LogP contribution in [0.5, 0.6) is 0 Å². The Hall–Kier alpha value is -1.35. The van der Waals surface area contributed by atoms with Gasteiger partial charge in [-0.05, 0) is 11.1 Å². The van der Waals surface area contributed by atoms with Crippen LogP contribution in [0.25, 0.3) is 0 Å². The van der Waals surface area contributed by atoms with Crippen LogP contribution in [0.2, 0.25) is 0 Å². The molecule has 0 unspecified atom stereocenters. The minimum absolute atomic E-state index is 0. The zero-order valence-corrected chi connectivity index (χ0v) is 12.2. The number of rotatable bonds is 4. The highest BCUT2D eigenvalue weighted by Gasteiger charge is 2.33. The van der Waals surface area contributed by atoms with Gasteiger partial charge in [-0.25, -0.2) is 0 Å². The lowest BCUT2D eigenvalue weighted by Gasteiger charge is -2.44. The number of benzene rings is 2. The average molecular weight is 290 g/mol. The molecule has 0 spiro atoms. The lowest BCUT2D eigenvalue weighted by Crippen LogP contribution is -2.50. The van der Waals surface area contributed by atoms with Gasteiger partial charge in [0.15, 0.2) is 0 Å². The fraction of sp³-hybridized carbons (Fsp3) is 0.294. The third-order valence-corrected chi connectivity index (χ3v) is 3.84. The standard InChI is InChI=1S/C17H19NO.ClH/c19-13-14-11-18(12-14)17(15-7-3-1-4-8-15)16-9-5-2-6-10-16;/h1-10,14,17,19H,11-13H2;1H. The van der Waals surface area contributed by atoms with Gasteiger partial charge in [0.1, 0.15) is 0 Å². The van der Waals surface area contributed by atoms with Gasteiger partial charge in [-0.2, -0.15) is 0 Å². The van der Waals surface area contributed by atoms with Crippen molar-refractivity contribution in [3.05, 3.63) is 71.8 Å². The van der Waals surface area contributed by atoms with Gasteiger partial charge in [-0.3, -0.25) is 4.90 Å². The minimum atomic E-state index is 0. The van der Waals surface area contributed by atoms with E-state index in [0.29, 0.717) is 18.6 Å². The molecule has 2 aromatic carbocycles. The van der Waals surface area contributed by atoms with E-state index in [1.807, 2.05) is 0 Å². The number of hydrogen-bond acceptors (Lipinski definition) is 2. The summed E-state index contributed by atoms with van der Waals surface area (Å²) in [5.41, 5.74) is 2.65. The molecule has 0 saturated carbocycles. The Balaban J connectivity index is 0.00000147. The summed E-state index contributed by atoms with van der Waals surface area (Å²) in [4.78, 5) is 2.44. The van der Waals surface area contributed by atoms with Crippen molar-refractivity contribution in [1.82, 2.24) is 4.90 Å². The van der Waals surface area contributed by atoms with E-state index in [1.165, 1.54) is 11.1 Å². The molecule has 2 aromatic rings. The Morgan fingerprint density at radius 3 is 1.75 bits per heavy atom. The van der Waals surface area contributed by atoms with Crippen molar-refractivity contribution in [2.75, 3.05) is 19.7 Å². The third kappa shape index (κ3) is 3.04. The number of aliphatic hydroxyl groups excluding tert-OH is 1. The molecule has 106 valence electrons. The molecular weight excluding hydrogens is 270 g/mol. The maximum atomic E-state index is 9.20. The van der Waals surface area contributed by atoms with Gasteiger partial charge in [0.2, 0.25) is 0 Å². The second kappa shape index (κ2) is 6.89. The summed E-state index contributed by atoms with van der Waals surface area (Å²) in [7, 11) is 0. The topological polar surface area (TPSA) is 23.5 Å². The SMILES string of the molecule is Cl.OCC1CN(C(c2ccccc2)c2ccccc2)C1. The Morgan fingerprint density at radius 1 is 0.900 bits per heavy atom. The van der Waals surface area contributed by atoms with E-state index >= 15 is 0 Å². The highest BCUT2D eigenvalue weighted by Crippen LogP contribution is 2.33. The molecule has 0 atom stereocenters.